The molecule has 0 atom stereocenters. The number of hydrogen-bond acceptors (Lipinski definition) is 2. The van der Waals surface area contributed by atoms with Crippen molar-refractivity contribution in [3.05, 3.63) is 65.7 Å². The number of halogens is 6. The van der Waals surface area contributed by atoms with Gasteiger partial charge in [-0.3, -0.25) is 4.98 Å². The Balaban J connectivity index is 2.11. The van der Waals surface area contributed by atoms with Gasteiger partial charge in [0.1, 0.15) is 11.3 Å². The first-order valence-electron chi connectivity index (χ1n) is 7.88. The molecule has 2 heterocycles. The van der Waals surface area contributed by atoms with Crippen molar-refractivity contribution >= 4 is 22.1 Å². The van der Waals surface area contributed by atoms with Gasteiger partial charge in [-0.25, -0.2) is 0 Å². The second-order valence-electron chi connectivity index (χ2n) is 6.26. The van der Waals surface area contributed by atoms with E-state index in [2.05, 4.69) is 4.98 Å². The van der Waals surface area contributed by atoms with Crippen molar-refractivity contribution in [3.8, 4) is 0 Å². The van der Waals surface area contributed by atoms with Gasteiger partial charge in [0.05, 0.1) is 5.57 Å². The summed E-state index contributed by atoms with van der Waals surface area (Å²) in [4.78, 5) is 3.77. The standard InChI is InChI=1S/C19H11F6NO/c1-10-12(6-4-8-26-10)15-16(18(22,23)19(24,25)17(15,20)21)14-9-11-5-2-3-7-13(11)27-14/h2-9H,1H3. The highest BCUT2D eigenvalue weighted by atomic mass is 19.3. The minimum absolute atomic E-state index is 0.0747. The van der Waals surface area contributed by atoms with Gasteiger partial charge in [-0.15, -0.1) is 0 Å². The molecule has 2 aromatic heterocycles. The molecule has 140 valence electrons. The molecule has 0 bridgehead atoms. The highest BCUT2D eigenvalue weighted by Gasteiger charge is 2.80. The molecule has 0 unspecified atom stereocenters. The van der Waals surface area contributed by atoms with E-state index in [-0.39, 0.29) is 11.3 Å². The molecule has 0 N–H and O–H groups in total. The van der Waals surface area contributed by atoms with Crippen LogP contribution in [0.4, 0.5) is 26.3 Å². The highest BCUT2D eigenvalue weighted by Crippen LogP contribution is 2.65. The molecule has 4 rings (SSSR count). The lowest BCUT2D eigenvalue weighted by Gasteiger charge is -2.25. The average Bonchev–Trinajstić information content (AvgIpc) is 3.06. The van der Waals surface area contributed by atoms with Crippen LogP contribution in [0.15, 0.2) is 53.1 Å². The Morgan fingerprint density at radius 2 is 1.52 bits per heavy atom. The van der Waals surface area contributed by atoms with E-state index in [4.69, 9.17) is 4.42 Å². The van der Waals surface area contributed by atoms with Crippen LogP contribution in [-0.2, 0) is 0 Å². The number of furan rings is 1. The number of para-hydroxylation sites is 1. The maximum Gasteiger partial charge on any atom is 0.380 e. The van der Waals surface area contributed by atoms with Crippen molar-refractivity contribution in [1.29, 1.82) is 0 Å². The second-order valence-corrected chi connectivity index (χ2v) is 6.26. The molecule has 2 nitrogen and oxygen atoms in total. The third-order valence-corrected chi connectivity index (χ3v) is 4.61. The van der Waals surface area contributed by atoms with Crippen LogP contribution < -0.4 is 0 Å². The van der Waals surface area contributed by atoms with Gasteiger partial charge in [-0.05, 0) is 25.1 Å². The van der Waals surface area contributed by atoms with Crippen molar-refractivity contribution < 1.29 is 30.8 Å². The summed E-state index contributed by atoms with van der Waals surface area (Å²) in [5, 5.41) is 0.330. The molecule has 8 heteroatoms. The molecule has 0 spiro atoms. The van der Waals surface area contributed by atoms with E-state index in [0.29, 0.717) is 5.39 Å². The number of alkyl halides is 6. The van der Waals surface area contributed by atoms with Gasteiger partial charge in [-0.1, -0.05) is 24.3 Å². The maximum atomic E-state index is 14.6. The van der Waals surface area contributed by atoms with Gasteiger partial charge in [-0.2, -0.15) is 26.3 Å². The summed E-state index contributed by atoms with van der Waals surface area (Å²) in [6, 6.07) is 9.40. The fraction of sp³-hybridized carbons (Fsp3) is 0.211. The largest absolute Gasteiger partial charge is 0.456 e. The van der Waals surface area contributed by atoms with Gasteiger partial charge in [0.2, 0.25) is 0 Å². The van der Waals surface area contributed by atoms with E-state index in [1.807, 2.05) is 0 Å². The van der Waals surface area contributed by atoms with Crippen molar-refractivity contribution in [3.63, 3.8) is 0 Å². The van der Waals surface area contributed by atoms with E-state index in [1.54, 1.807) is 12.1 Å². The third kappa shape index (κ3) is 2.18. The van der Waals surface area contributed by atoms with E-state index >= 15 is 0 Å². The molecule has 0 fully saturated rings. The topological polar surface area (TPSA) is 26.0 Å². The summed E-state index contributed by atoms with van der Waals surface area (Å²) in [5.74, 6) is -16.6. The van der Waals surface area contributed by atoms with E-state index in [9.17, 15) is 26.3 Å². The van der Waals surface area contributed by atoms with Crippen LogP contribution in [0.25, 0.3) is 22.1 Å². The van der Waals surface area contributed by atoms with Crippen LogP contribution in [0.5, 0.6) is 0 Å². The van der Waals surface area contributed by atoms with Crippen molar-refractivity contribution in [2.24, 2.45) is 0 Å². The number of rotatable bonds is 2. The van der Waals surface area contributed by atoms with E-state index in [1.165, 1.54) is 31.3 Å². The zero-order chi connectivity index (χ0) is 19.6. The van der Waals surface area contributed by atoms with Gasteiger partial charge in [0, 0.05) is 28.4 Å². The normalized spacial score (nSPS) is 20.4. The Morgan fingerprint density at radius 1 is 0.852 bits per heavy atom. The number of fused-ring (bicyclic) bond motifs is 1. The van der Waals surface area contributed by atoms with Crippen molar-refractivity contribution in [2.45, 2.75) is 24.7 Å². The predicted octanol–water partition coefficient (Wildman–Crippen LogP) is 5.97. The molecule has 27 heavy (non-hydrogen) atoms. The summed E-state index contributed by atoms with van der Waals surface area (Å²) >= 11 is 0. The monoisotopic (exact) mass is 383 g/mol. The van der Waals surface area contributed by atoms with Crippen LogP contribution in [-0.4, -0.2) is 22.8 Å². The molecule has 1 aromatic carbocycles. The molecule has 0 saturated carbocycles. The minimum Gasteiger partial charge on any atom is -0.456 e. The fourth-order valence-electron chi connectivity index (χ4n) is 3.26. The van der Waals surface area contributed by atoms with Crippen molar-refractivity contribution in [1.82, 2.24) is 4.98 Å². The lowest BCUT2D eigenvalue weighted by atomic mass is 9.97. The molecule has 0 aliphatic heterocycles. The zero-order valence-corrected chi connectivity index (χ0v) is 13.7. The Bertz CT molecular complexity index is 1050. The third-order valence-electron chi connectivity index (χ3n) is 4.61. The Labute approximate surface area is 149 Å². The van der Waals surface area contributed by atoms with Crippen LogP contribution >= 0.6 is 0 Å². The first-order valence-corrected chi connectivity index (χ1v) is 7.88. The molecule has 3 aromatic rings. The van der Waals surface area contributed by atoms with E-state index in [0.717, 1.165) is 12.1 Å². The molecule has 1 aliphatic carbocycles. The smallest absolute Gasteiger partial charge is 0.380 e. The summed E-state index contributed by atoms with van der Waals surface area (Å²) < 4.78 is 91.9. The Hall–Kier alpha value is -2.77. The minimum atomic E-state index is -5.62. The zero-order valence-electron chi connectivity index (χ0n) is 13.7. The SMILES string of the molecule is Cc1ncccc1C1=C(c2cc3ccccc3o2)C(F)(F)C(F)(F)C1(F)F. The van der Waals surface area contributed by atoms with Gasteiger partial charge in [0.25, 0.3) is 0 Å². The van der Waals surface area contributed by atoms with Crippen LogP contribution in [0.2, 0.25) is 0 Å². The number of benzene rings is 1. The summed E-state index contributed by atoms with van der Waals surface area (Å²) in [6.07, 6.45) is 1.25. The van der Waals surface area contributed by atoms with Gasteiger partial charge in [0.15, 0.2) is 0 Å². The molecule has 1 aliphatic rings. The quantitative estimate of drug-likeness (QED) is 0.510. The first-order chi connectivity index (χ1) is 12.6. The lowest BCUT2D eigenvalue weighted by Crippen LogP contribution is -2.48. The number of allylic oxidation sites excluding steroid dienone is 2. The number of aryl methyl sites for hydroxylation is 1. The van der Waals surface area contributed by atoms with Gasteiger partial charge < -0.3 is 4.42 Å². The Kier molecular flexibility index (Phi) is 3.51. The van der Waals surface area contributed by atoms with Crippen LogP contribution in [0.1, 0.15) is 17.0 Å². The maximum absolute atomic E-state index is 14.6. The van der Waals surface area contributed by atoms with Gasteiger partial charge >= 0.3 is 17.8 Å². The fourth-order valence-corrected chi connectivity index (χ4v) is 3.26. The van der Waals surface area contributed by atoms with E-state index < -0.39 is 40.2 Å². The average molecular weight is 383 g/mol. The lowest BCUT2D eigenvalue weighted by molar-refractivity contribution is -0.254. The summed E-state index contributed by atoms with van der Waals surface area (Å²) in [6.45, 7) is 1.28. The summed E-state index contributed by atoms with van der Waals surface area (Å²) in [7, 11) is 0. The molecular weight excluding hydrogens is 372 g/mol. The number of aromatic nitrogens is 1. The predicted molar refractivity (Wildman–Crippen MR) is 86.8 cm³/mol. The second kappa shape index (κ2) is 5.37. The van der Waals surface area contributed by atoms with Crippen LogP contribution in [0.3, 0.4) is 0 Å². The molecule has 0 radical (unpaired) electrons. The van der Waals surface area contributed by atoms with Crippen LogP contribution in [0, 0.1) is 6.92 Å². The Morgan fingerprint density at radius 3 is 2.19 bits per heavy atom. The number of hydrogen-bond donors (Lipinski definition) is 0. The highest BCUT2D eigenvalue weighted by molar-refractivity contribution is 6.01. The molecule has 0 amide bonds. The van der Waals surface area contributed by atoms with Crippen molar-refractivity contribution in [2.75, 3.05) is 0 Å². The number of nitrogens with zero attached hydrogens (tertiary/aromatic N) is 1. The first kappa shape index (κ1) is 17.6. The molecule has 0 saturated heterocycles. The molecular formula is C19H11F6NO. The summed E-state index contributed by atoms with van der Waals surface area (Å²) in [5.41, 5.74) is -3.42. The number of pyridine rings is 1.